The van der Waals surface area contributed by atoms with Gasteiger partial charge in [-0.3, -0.25) is 19.5 Å². The van der Waals surface area contributed by atoms with E-state index in [4.69, 9.17) is 33.0 Å². The van der Waals surface area contributed by atoms with E-state index in [9.17, 15) is 4.79 Å². The number of H-pyrrole nitrogens is 1. The van der Waals surface area contributed by atoms with Gasteiger partial charge in [0.25, 0.3) is 6.43 Å². The fourth-order valence-corrected chi connectivity index (χ4v) is 7.49. The number of aromatic nitrogens is 4. The number of nitrogens with one attached hydrogen (secondary N) is 1. The van der Waals surface area contributed by atoms with Gasteiger partial charge in [-0.15, -0.1) is 0 Å². The summed E-state index contributed by atoms with van der Waals surface area (Å²) in [5.41, 5.74) is 1.30. The normalized spacial score (nSPS) is 23.0. The van der Waals surface area contributed by atoms with Crippen molar-refractivity contribution >= 4 is 45.8 Å². The Labute approximate surface area is 259 Å². The lowest BCUT2D eigenvalue weighted by atomic mass is 9.92. The molecule has 43 heavy (non-hydrogen) atoms. The van der Waals surface area contributed by atoms with Crippen molar-refractivity contribution in [3.63, 3.8) is 0 Å². The molecule has 0 unspecified atom stereocenters. The molecule has 3 aliphatic rings. The minimum absolute atomic E-state index is 0.0273. The second kappa shape index (κ2) is 12.0. The maximum atomic E-state index is 15.2. The van der Waals surface area contributed by atoms with Gasteiger partial charge in [0.2, 0.25) is 5.91 Å². The van der Waals surface area contributed by atoms with Crippen molar-refractivity contribution in [2.45, 2.75) is 63.6 Å². The highest BCUT2D eigenvalue weighted by Crippen LogP contribution is 2.48. The molecule has 3 fully saturated rings. The largest absolute Gasteiger partial charge is 0.381 e. The number of carbonyl (C=O) groups is 1. The molecule has 9 nitrogen and oxygen atoms in total. The quantitative estimate of drug-likeness (QED) is 0.349. The zero-order chi connectivity index (χ0) is 30.5. The van der Waals surface area contributed by atoms with E-state index in [-0.39, 0.29) is 24.5 Å². The van der Waals surface area contributed by atoms with Crippen molar-refractivity contribution in [1.29, 1.82) is 0 Å². The molecule has 6 rings (SSSR count). The number of nitrogens with zero attached hydrogens (tertiary/aromatic N) is 6. The summed E-state index contributed by atoms with van der Waals surface area (Å²) >= 11 is 13.5. The van der Waals surface area contributed by atoms with Gasteiger partial charge >= 0.3 is 0 Å². The molecule has 1 N–H and O–H groups in total. The van der Waals surface area contributed by atoms with Crippen LogP contribution < -0.4 is 4.90 Å². The topological polar surface area (TPSA) is 82.5 Å². The summed E-state index contributed by atoms with van der Waals surface area (Å²) in [6, 6.07) is 1.90. The number of halogens is 4. The third-order valence-corrected chi connectivity index (χ3v) is 10.3. The number of aromatic amines is 1. The molecule has 1 aromatic carbocycles. The lowest BCUT2D eigenvalue weighted by molar-refractivity contribution is -0.127. The van der Waals surface area contributed by atoms with Crippen LogP contribution in [0.25, 0.3) is 22.0 Å². The number of anilines is 1. The number of amides is 1. The monoisotopic (exact) mass is 635 g/mol. The Morgan fingerprint density at radius 1 is 1.14 bits per heavy atom. The lowest BCUT2D eigenvalue weighted by Crippen LogP contribution is -2.66. The van der Waals surface area contributed by atoms with Crippen LogP contribution in [0.4, 0.5) is 14.6 Å². The van der Waals surface area contributed by atoms with E-state index in [0.29, 0.717) is 84.7 Å². The first-order valence-electron chi connectivity index (χ1n) is 14.8. The minimum atomic E-state index is -2.63. The van der Waals surface area contributed by atoms with Gasteiger partial charge in [0.15, 0.2) is 5.82 Å². The molecule has 3 aromatic rings. The molecule has 5 heterocycles. The summed E-state index contributed by atoms with van der Waals surface area (Å²) < 4.78 is 38.0. The van der Waals surface area contributed by atoms with Gasteiger partial charge in [-0.2, -0.15) is 10.2 Å². The summed E-state index contributed by atoms with van der Waals surface area (Å²) in [6.07, 6.45) is 3.40. The first-order valence-corrected chi connectivity index (χ1v) is 15.6. The Bertz CT molecular complexity index is 1510. The second-order valence-electron chi connectivity index (χ2n) is 12.0. The smallest absolute Gasteiger partial charge is 0.262 e. The molecule has 0 radical (unpaired) electrons. The van der Waals surface area contributed by atoms with Crippen molar-refractivity contribution in [1.82, 2.24) is 29.8 Å². The molecule has 232 valence electrons. The average Bonchev–Trinajstić information content (AvgIpc) is 3.61. The fourth-order valence-electron chi connectivity index (χ4n) is 7.03. The number of benzene rings is 1. The van der Waals surface area contributed by atoms with Crippen molar-refractivity contribution in [2.24, 2.45) is 0 Å². The fraction of sp³-hybridized carbons (Fsp3) is 0.567. The molecular weight excluding hydrogens is 599 g/mol. The van der Waals surface area contributed by atoms with E-state index >= 15 is 8.78 Å². The maximum absolute atomic E-state index is 15.2. The van der Waals surface area contributed by atoms with Crippen LogP contribution in [-0.2, 0) is 9.53 Å². The molecule has 1 atom stereocenters. The van der Waals surface area contributed by atoms with Gasteiger partial charge in [0.05, 0.1) is 27.8 Å². The van der Waals surface area contributed by atoms with Gasteiger partial charge in [-0.05, 0) is 51.7 Å². The summed E-state index contributed by atoms with van der Waals surface area (Å²) in [7, 11) is 0. The number of piperidine rings is 1. The van der Waals surface area contributed by atoms with Crippen LogP contribution in [0.1, 0.15) is 44.3 Å². The number of likely N-dealkylation sites (tertiary alicyclic amines) is 1. The highest BCUT2D eigenvalue weighted by Gasteiger charge is 2.49. The van der Waals surface area contributed by atoms with Crippen LogP contribution in [0.5, 0.6) is 0 Å². The standard InChI is InChI=1S/C30H37Cl2F2N7O2/c1-4-24(42)38-9-5-20(6-10-38)41-18(2)25(26-21-16-35-36-23(21)15-22(31)27(26)32)28(37-41)40-12-11-39(17-30(40,3)29(33)34)19-7-13-43-14-8-19/h4,15-16,19-20,29H,1,5-14,17H2,2-3H3,(H,35,36)/t30-/m0/s1. The Morgan fingerprint density at radius 2 is 1.86 bits per heavy atom. The number of hydrogen-bond acceptors (Lipinski definition) is 6. The number of alkyl halides is 2. The summed E-state index contributed by atoms with van der Waals surface area (Å²) in [6.45, 7) is 10.8. The summed E-state index contributed by atoms with van der Waals surface area (Å²) in [4.78, 5) is 18.0. The van der Waals surface area contributed by atoms with E-state index in [1.165, 1.54) is 6.08 Å². The summed E-state index contributed by atoms with van der Waals surface area (Å²) in [5.74, 6) is 0.364. The minimum Gasteiger partial charge on any atom is -0.381 e. The Hall–Kier alpha value is -2.73. The molecule has 3 saturated heterocycles. The van der Waals surface area contributed by atoms with Crippen LogP contribution in [0.2, 0.25) is 10.0 Å². The first-order chi connectivity index (χ1) is 20.6. The molecular formula is C30H37Cl2F2N7O2. The van der Waals surface area contributed by atoms with Crippen molar-refractivity contribution in [3.8, 4) is 11.1 Å². The molecule has 13 heteroatoms. The highest BCUT2D eigenvalue weighted by molar-refractivity contribution is 6.45. The van der Waals surface area contributed by atoms with Crippen molar-refractivity contribution in [3.05, 3.63) is 40.7 Å². The maximum Gasteiger partial charge on any atom is 0.262 e. The number of piperazine rings is 1. The second-order valence-corrected chi connectivity index (χ2v) is 12.8. The lowest BCUT2D eigenvalue weighted by Gasteiger charge is -2.51. The number of ether oxygens (including phenoxy) is 1. The third kappa shape index (κ3) is 5.32. The molecule has 2 aromatic heterocycles. The number of carbonyl (C=O) groups excluding carboxylic acids is 1. The number of rotatable bonds is 6. The molecule has 1 amide bonds. The van der Waals surface area contributed by atoms with Gasteiger partial charge < -0.3 is 14.5 Å². The van der Waals surface area contributed by atoms with Crippen LogP contribution in [0.3, 0.4) is 0 Å². The zero-order valence-corrected chi connectivity index (χ0v) is 26.0. The SMILES string of the molecule is C=CC(=O)N1CCC(n2nc(N3CCN(C4CCOCC4)C[C@@]3(C)C(F)F)c(-c3c(Cl)c(Cl)cc4[nH]ncc34)c2C)CC1. The number of fused-ring (bicyclic) bond motifs is 1. The number of hydrogen-bond donors (Lipinski definition) is 1. The van der Waals surface area contributed by atoms with Crippen molar-refractivity contribution in [2.75, 3.05) is 50.8 Å². The third-order valence-electron chi connectivity index (χ3n) is 9.50. The average molecular weight is 637 g/mol. The van der Waals surface area contributed by atoms with Crippen LogP contribution in [0, 0.1) is 6.92 Å². The Kier molecular flexibility index (Phi) is 8.45. The van der Waals surface area contributed by atoms with Crippen LogP contribution in [0.15, 0.2) is 24.9 Å². The van der Waals surface area contributed by atoms with Gasteiger partial charge in [-0.1, -0.05) is 29.8 Å². The molecule has 0 bridgehead atoms. The van der Waals surface area contributed by atoms with Crippen LogP contribution in [-0.4, -0.2) is 99.6 Å². The highest BCUT2D eigenvalue weighted by atomic mass is 35.5. The van der Waals surface area contributed by atoms with E-state index in [1.807, 2.05) is 11.6 Å². The van der Waals surface area contributed by atoms with Crippen molar-refractivity contribution < 1.29 is 18.3 Å². The van der Waals surface area contributed by atoms with E-state index < -0.39 is 12.0 Å². The van der Waals surface area contributed by atoms with Gasteiger partial charge in [0.1, 0.15) is 5.54 Å². The molecule has 0 aliphatic carbocycles. The van der Waals surface area contributed by atoms with E-state index in [2.05, 4.69) is 21.7 Å². The molecule has 3 aliphatic heterocycles. The van der Waals surface area contributed by atoms with Crippen LogP contribution >= 0.6 is 23.2 Å². The van der Waals surface area contributed by atoms with Gasteiger partial charge in [0, 0.05) is 74.2 Å². The Morgan fingerprint density at radius 3 is 2.53 bits per heavy atom. The Balaban J connectivity index is 1.46. The zero-order valence-electron chi connectivity index (χ0n) is 24.5. The molecule has 0 spiro atoms. The van der Waals surface area contributed by atoms with E-state index in [1.54, 1.807) is 29.0 Å². The predicted molar refractivity (Wildman–Crippen MR) is 164 cm³/mol. The van der Waals surface area contributed by atoms with E-state index in [0.717, 1.165) is 23.9 Å². The predicted octanol–water partition coefficient (Wildman–Crippen LogP) is 5.72. The molecule has 0 saturated carbocycles. The summed E-state index contributed by atoms with van der Waals surface area (Å²) in [5, 5.41) is 13.7. The first kappa shape index (κ1) is 30.3. The van der Waals surface area contributed by atoms with Gasteiger partial charge in [-0.25, -0.2) is 8.78 Å².